The van der Waals surface area contributed by atoms with Gasteiger partial charge in [0.05, 0.1) is 12.3 Å². The van der Waals surface area contributed by atoms with E-state index < -0.39 is 5.97 Å². The molecule has 0 aliphatic rings. The van der Waals surface area contributed by atoms with E-state index in [1.165, 1.54) is 0 Å². The Bertz CT molecular complexity index is 920. The van der Waals surface area contributed by atoms with Gasteiger partial charge in [-0.2, -0.15) is 0 Å². The molecule has 3 N–H and O–H groups in total. The summed E-state index contributed by atoms with van der Waals surface area (Å²) in [5.41, 5.74) is 2.63. The van der Waals surface area contributed by atoms with Gasteiger partial charge in [0, 0.05) is 11.3 Å². The lowest BCUT2D eigenvalue weighted by molar-refractivity contribution is -0.137. The number of hydrogen-bond donors (Lipinski definition) is 3. The van der Waals surface area contributed by atoms with Gasteiger partial charge in [-0.15, -0.1) is 5.92 Å². The van der Waals surface area contributed by atoms with Crippen LogP contribution in [0.25, 0.3) is 0 Å². The summed E-state index contributed by atoms with van der Waals surface area (Å²) in [5.74, 6) is 5.56. The van der Waals surface area contributed by atoms with Gasteiger partial charge in [-0.1, -0.05) is 38.0 Å². The topological polar surface area (TPSA) is 90.6 Å². The van der Waals surface area contributed by atoms with Gasteiger partial charge in [-0.3, -0.25) is 4.79 Å². The van der Waals surface area contributed by atoms with Crippen molar-refractivity contribution < 1.29 is 19.7 Å². The number of carbonyl (C=O) groups is 1. The van der Waals surface area contributed by atoms with Crippen LogP contribution in [0, 0.1) is 23.2 Å². The number of phenolic OH excluding ortho intramolecular Hbond substituents is 1. The first-order valence-corrected chi connectivity index (χ1v) is 9.56. The SMILES string of the molecule is CC#CC(CC(=O)O)c1ccc(OCc2ccc(O)c(C(=N)CC(C)C)c2)cc1. The molecule has 0 bridgehead atoms. The highest BCUT2D eigenvalue weighted by atomic mass is 16.5. The van der Waals surface area contributed by atoms with E-state index in [2.05, 4.69) is 11.8 Å². The molecule has 0 radical (unpaired) electrons. The summed E-state index contributed by atoms with van der Waals surface area (Å²) in [7, 11) is 0. The van der Waals surface area contributed by atoms with Crippen LogP contribution in [-0.4, -0.2) is 21.9 Å². The second kappa shape index (κ2) is 10.3. The molecule has 2 aromatic rings. The van der Waals surface area contributed by atoms with E-state index in [1.807, 2.05) is 26.0 Å². The minimum Gasteiger partial charge on any atom is -0.507 e. The molecule has 0 spiro atoms. The molecule has 0 amide bonds. The van der Waals surface area contributed by atoms with Crippen molar-refractivity contribution in [1.82, 2.24) is 0 Å². The number of rotatable bonds is 9. The second-order valence-electron chi connectivity index (χ2n) is 7.33. The predicted octanol–water partition coefficient (Wildman–Crippen LogP) is 4.97. The summed E-state index contributed by atoms with van der Waals surface area (Å²) >= 11 is 0. The Labute approximate surface area is 171 Å². The monoisotopic (exact) mass is 393 g/mol. The number of nitrogens with one attached hydrogen (secondary N) is 1. The number of carboxylic acid groups (broad SMARTS) is 1. The number of carboxylic acids is 1. The summed E-state index contributed by atoms with van der Waals surface area (Å²) in [5, 5.41) is 27.3. The molecule has 5 heteroatoms. The average molecular weight is 393 g/mol. The molecule has 0 heterocycles. The average Bonchev–Trinajstić information content (AvgIpc) is 2.66. The minimum absolute atomic E-state index is 0.0420. The molecule has 0 aliphatic heterocycles. The zero-order valence-corrected chi connectivity index (χ0v) is 17.0. The van der Waals surface area contributed by atoms with Gasteiger partial charge in [0.15, 0.2) is 0 Å². The van der Waals surface area contributed by atoms with Crippen molar-refractivity contribution in [2.45, 2.75) is 46.1 Å². The van der Waals surface area contributed by atoms with Crippen LogP contribution in [-0.2, 0) is 11.4 Å². The van der Waals surface area contributed by atoms with Crippen LogP contribution in [0.3, 0.4) is 0 Å². The van der Waals surface area contributed by atoms with E-state index >= 15 is 0 Å². The van der Waals surface area contributed by atoms with Gasteiger partial charge in [0.1, 0.15) is 18.1 Å². The largest absolute Gasteiger partial charge is 0.507 e. The summed E-state index contributed by atoms with van der Waals surface area (Å²) < 4.78 is 5.82. The Kier molecular flexibility index (Phi) is 7.85. The number of aliphatic carboxylic acids is 1. The van der Waals surface area contributed by atoms with Crippen molar-refractivity contribution in [3.05, 3.63) is 59.2 Å². The number of phenols is 1. The van der Waals surface area contributed by atoms with Crippen LogP contribution in [0.4, 0.5) is 0 Å². The Morgan fingerprint density at radius 1 is 1.14 bits per heavy atom. The second-order valence-corrected chi connectivity index (χ2v) is 7.33. The third-order valence-corrected chi connectivity index (χ3v) is 4.38. The Morgan fingerprint density at radius 3 is 2.41 bits per heavy atom. The fourth-order valence-corrected chi connectivity index (χ4v) is 3.00. The zero-order chi connectivity index (χ0) is 21.4. The van der Waals surface area contributed by atoms with Gasteiger partial charge in [0.25, 0.3) is 0 Å². The Morgan fingerprint density at radius 2 is 1.83 bits per heavy atom. The first kappa shape index (κ1) is 22.0. The molecule has 0 saturated heterocycles. The third kappa shape index (κ3) is 6.69. The van der Waals surface area contributed by atoms with Crippen LogP contribution in [0.2, 0.25) is 0 Å². The Hall–Kier alpha value is -3.26. The van der Waals surface area contributed by atoms with Crippen LogP contribution < -0.4 is 4.74 Å². The number of benzene rings is 2. The standard InChI is InChI=1S/C24H27NO4/c1-4-5-19(14-24(27)28)18-7-9-20(10-8-18)29-15-17-6-11-23(26)21(13-17)22(25)12-16(2)3/h6-11,13,16,19,25-26H,12,14-15H2,1-3H3,(H,27,28). The molecule has 2 aromatic carbocycles. The molecule has 152 valence electrons. The van der Waals surface area contributed by atoms with Crippen molar-refractivity contribution in [2.75, 3.05) is 0 Å². The lowest BCUT2D eigenvalue weighted by Crippen LogP contribution is -2.06. The minimum atomic E-state index is -0.885. The molecule has 1 unspecified atom stereocenters. The smallest absolute Gasteiger partial charge is 0.304 e. The van der Waals surface area contributed by atoms with Gasteiger partial charge in [-0.25, -0.2) is 0 Å². The van der Waals surface area contributed by atoms with Gasteiger partial charge < -0.3 is 20.4 Å². The molecule has 2 rings (SSSR count). The van der Waals surface area contributed by atoms with Gasteiger partial charge in [0.2, 0.25) is 0 Å². The van der Waals surface area contributed by atoms with Crippen molar-refractivity contribution in [2.24, 2.45) is 5.92 Å². The van der Waals surface area contributed by atoms with E-state index in [4.69, 9.17) is 15.3 Å². The van der Waals surface area contributed by atoms with Crippen molar-refractivity contribution in [3.8, 4) is 23.3 Å². The quantitative estimate of drug-likeness (QED) is 0.414. The zero-order valence-electron chi connectivity index (χ0n) is 17.0. The van der Waals surface area contributed by atoms with E-state index in [-0.39, 0.29) is 18.1 Å². The van der Waals surface area contributed by atoms with E-state index in [0.717, 1.165) is 11.1 Å². The van der Waals surface area contributed by atoms with Crippen LogP contribution >= 0.6 is 0 Å². The van der Waals surface area contributed by atoms with Crippen molar-refractivity contribution in [3.63, 3.8) is 0 Å². The number of ether oxygens (including phenoxy) is 1. The highest BCUT2D eigenvalue weighted by Crippen LogP contribution is 2.25. The summed E-state index contributed by atoms with van der Waals surface area (Å²) in [4.78, 5) is 11.0. The van der Waals surface area contributed by atoms with Gasteiger partial charge in [-0.05, 0) is 54.7 Å². The maximum absolute atomic E-state index is 11.0. The summed E-state index contributed by atoms with van der Waals surface area (Å²) in [6, 6.07) is 12.4. The highest BCUT2D eigenvalue weighted by molar-refractivity contribution is 6.00. The molecule has 0 fully saturated rings. The lowest BCUT2D eigenvalue weighted by Gasteiger charge is -2.13. The van der Waals surface area contributed by atoms with Crippen LogP contribution in [0.5, 0.6) is 11.5 Å². The van der Waals surface area contributed by atoms with Crippen molar-refractivity contribution >= 4 is 11.7 Å². The van der Waals surface area contributed by atoms with E-state index in [9.17, 15) is 9.90 Å². The molecular weight excluding hydrogens is 366 g/mol. The summed E-state index contributed by atoms with van der Waals surface area (Å²) in [6.45, 7) is 6.07. The molecule has 29 heavy (non-hydrogen) atoms. The highest BCUT2D eigenvalue weighted by Gasteiger charge is 2.14. The molecular formula is C24H27NO4. The molecule has 0 saturated carbocycles. The van der Waals surface area contributed by atoms with E-state index in [1.54, 1.807) is 37.3 Å². The van der Waals surface area contributed by atoms with Crippen LogP contribution in [0.1, 0.15) is 56.2 Å². The number of hydrogen-bond acceptors (Lipinski definition) is 4. The molecule has 0 aliphatic carbocycles. The molecule has 1 atom stereocenters. The maximum Gasteiger partial charge on any atom is 0.304 e. The fraction of sp³-hybridized carbons (Fsp3) is 0.333. The Balaban J connectivity index is 2.07. The fourth-order valence-electron chi connectivity index (χ4n) is 3.00. The van der Waals surface area contributed by atoms with Gasteiger partial charge >= 0.3 is 5.97 Å². The summed E-state index contributed by atoms with van der Waals surface area (Å²) in [6.07, 6.45) is 0.553. The maximum atomic E-state index is 11.0. The molecule has 0 aromatic heterocycles. The lowest BCUT2D eigenvalue weighted by atomic mass is 9.96. The van der Waals surface area contributed by atoms with Crippen LogP contribution in [0.15, 0.2) is 42.5 Å². The first-order chi connectivity index (χ1) is 13.8. The molecule has 5 nitrogen and oxygen atoms in total. The normalized spacial score (nSPS) is 11.4. The third-order valence-electron chi connectivity index (χ3n) is 4.38. The first-order valence-electron chi connectivity index (χ1n) is 9.56. The van der Waals surface area contributed by atoms with E-state index in [0.29, 0.717) is 36.0 Å². The van der Waals surface area contributed by atoms with Crippen molar-refractivity contribution in [1.29, 1.82) is 5.41 Å². The number of aromatic hydroxyl groups is 1. The predicted molar refractivity (Wildman–Crippen MR) is 114 cm³/mol.